The van der Waals surface area contributed by atoms with Gasteiger partial charge < -0.3 is 0 Å². The van der Waals surface area contributed by atoms with Gasteiger partial charge in [0.2, 0.25) is 0 Å². The molecular weight excluding hydrogens is 521 g/mol. The van der Waals surface area contributed by atoms with E-state index >= 15 is 0 Å². The molecular formula is C26H19Cl2N3O6. The highest BCUT2D eigenvalue weighted by Crippen LogP contribution is 2.65. The Morgan fingerprint density at radius 3 is 2.19 bits per heavy atom. The molecule has 2 aromatic carbocycles. The highest BCUT2D eigenvalue weighted by Gasteiger charge is 2.68. The number of allylic oxidation sites excluding steroid dienone is 2. The van der Waals surface area contributed by atoms with Crippen LogP contribution in [-0.4, -0.2) is 45.0 Å². The van der Waals surface area contributed by atoms with Crippen molar-refractivity contribution in [2.45, 2.75) is 6.42 Å². The molecule has 0 spiro atoms. The van der Waals surface area contributed by atoms with E-state index < -0.39 is 46.8 Å². The lowest BCUT2D eigenvalue weighted by Gasteiger charge is -2.37. The number of nitrogens with zero attached hydrogens (tertiary/aromatic N) is 3. The van der Waals surface area contributed by atoms with Crippen molar-refractivity contribution in [2.75, 3.05) is 6.54 Å². The van der Waals surface area contributed by atoms with Crippen molar-refractivity contribution in [3.05, 3.63) is 85.9 Å². The summed E-state index contributed by atoms with van der Waals surface area (Å²) in [5.74, 6) is -3.07. The monoisotopic (exact) mass is 539 g/mol. The summed E-state index contributed by atoms with van der Waals surface area (Å²) in [6.07, 6.45) is 5.00. The number of imide groups is 1. The van der Waals surface area contributed by atoms with Gasteiger partial charge in [0.15, 0.2) is 5.78 Å². The van der Waals surface area contributed by atoms with Crippen molar-refractivity contribution < 1.29 is 24.1 Å². The van der Waals surface area contributed by atoms with Crippen LogP contribution in [0.1, 0.15) is 27.1 Å². The molecule has 3 amide bonds. The fraction of sp³-hybridized carbons (Fsp3) is 0.308. The molecule has 11 heteroatoms. The van der Waals surface area contributed by atoms with Gasteiger partial charge in [0.05, 0.1) is 26.8 Å². The molecule has 0 aromatic heterocycles. The maximum Gasteiger partial charge on any atom is 0.273 e. The van der Waals surface area contributed by atoms with Crippen LogP contribution in [-0.2, 0) is 9.59 Å². The number of hydrogen-bond acceptors (Lipinski definition) is 6. The third-order valence-electron chi connectivity index (χ3n) is 7.95. The van der Waals surface area contributed by atoms with Gasteiger partial charge in [-0.15, -0.1) is 0 Å². The number of ketones is 1. The zero-order chi connectivity index (χ0) is 26.2. The average molecular weight is 540 g/mol. The quantitative estimate of drug-likeness (QED) is 0.178. The zero-order valence-corrected chi connectivity index (χ0v) is 20.6. The van der Waals surface area contributed by atoms with Crippen LogP contribution in [0.25, 0.3) is 0 Å². The van der Waals surface area contributed by atoms with Gasteiger partial charge in [-0.05, 0) is 48.3 Å². The molecule has 9 nitrogen and oxygen atoms in total. The lowest BCUT2D eigenvalue weighted by atomic mass is 9.63. The summed E-state index contributed by atoms with van der Waals surface area (Å²) in [7, 11) is 0. The van der Waals surface area contributed by atoms with E-state index in [1.54, 1.807) is 0 Å². The SMILES string of the molecule is O=C(CN(C(=O)c1ccc(Cl)c(Cl)c1)N1C(=O)[C@H]2[C@@H]3C=C[C@H]([C@@H]4C[C@H]34)[C@@H]2C1=O)c1cccc([N+](=O)[O-])c1. The first-order chi connectivity index (χ1) is 17.7. The zero-order valence-electron chi connectivity index (χ0n) is 19.1. The molecule has 7 rings (SSSR count). The Labute approximate surface area is 220 Å². The molecule has 6 atom stereocenters. The van der Waals surface area contributed by atoms with Crippen molar-refractivity contribution >= 4 is 52.4 Å². The molecule has 0 unspecified atom stereocenters. The Kier molecular flexibility index (Phi) is 5.47. The first kappa shape index (κ1) is 23.8. The second-order valence-corrected chi connectivity index (χ2v) is 10.7. The standard InChI is InChI=1S/C26H19Cl2N3O6/c27-19-7-4-13(9-20(19)28)24(33)29(11-21(32)12-2-1-3-14(8-12)31(36)37)30-25(34)22-15-5-6-16(18-10-17(15)18)23(22)26(30)35/h1-9,15-18,22-23H,10-11H2/t15-,16-,17-,18+,22+,23+/m1/s1. The summed E-state index contributed by atoms with van der Waals surface area (Å²) in [5.41, 5.74) is -0.296. The average Bonchev–Trinajstić information content (AvgIpc) is 3.67. The van der Waals surface area contributed by atoms with Gasteiger partial charge >= 0.3 is 0 Å². The first-order valence-corrected chi connectivity index (χ1v) is 12.5. The maximum absolute atomic E-state index is 13.7. The number of carbonyl (C=O) groups excluding carboxylic acids is 4. The summed E-state index contributed by atoms with van der Waals surface area (Å²) in [6, 6.07) is 9.16. The van der Waals surface area contributed by atoms with Crippen molar-refractivity contribution in [3.63, 3.8) is 0 Å². The van der Waals surface area contributed by atoms with Gasteiger partial charge in [-0.1, -0.05) is 47.5 Å². The van der Waals surface area contributed by atoms with Crippen LogP contribution >= 0.6 is 23.2 Å². The van der Waals surface area contributed by atoms with Gasteiger partial charge in [-0.2, -0.15) is 5.01 Å². The Bertz CT molecular complexity index is 1410. The Morgan fingerprint density at radius 1 is 0.946 bits per heavy atom. The number of hydrogen-bond donors (Lipinski definition) is 0. The number of halogens is 2. The number of amides is 3. The number of nitro groups is 1. The minimum absolute atomic E-state index is 0.0272. The molecule has 3 fully saturated rings. The van der Waals surface area contributed by atoms with E-state index in [0.29, 0.717) is 11.8 Å². The maximum atomic E-state index is 13.7. The third-order valence-corrected chi connectivity index (χ3v) is 8.69. The normalized spacial score (nSPS) is 28.6. The van der Waals surface area contributed by atoms with Gasteiger partial charge in [0.25, 0.3) is 23.4 Å². The Hall–Kier alpha value is -3.56. The smallest absolute Gasteiger partial charge is 0.273 e. The molecule has 5 aliphatic rings. The molecule has 1 saturated heterocycles. The number of Topliss-reactive ketones (excluding diaryl/α,β-unsaturated/α-hetero) is 1. The predicted molar refractivity (Wildman–Crippen MR) is 131 cm³/mol. The van der Waals surface area contributed by atoms with E-state index in [9.17, 15) is 29.3 Å². The largest absolute Gasteiger partial charge is 0.292 e. The molecule has 2 bridgehead atoms. The van der Waals surface area contributed by atoms with Crippen LogP contribution < -0.4 is 0 Å². The third kappa shape index (κ3) is 3.67. The van der Waals surface area contributed by atoms with Gasteiger partial charge in [-0.3, -0.25) is 29.3 Å². The molecule has 188 valence electrons. The molecule has 0 radical (unpaired) electrons. The topological polar surface area (TPSA) is 118 Å². The number of hydrazine groups is 1. The lowest BCUT2D eigenvalue weighted by molar-refractivity contribution is -0.384. The fourth-order valence-electron chi connectivity index (χ4n) is 6.21. The summed E-state index contributed by atoms with van der Waals surface area (Å²) >= 11 is 12.1. The second kappa shape index (κ2) is 8.49. The minimum Gasteiger partial charge on any atom is -0.292 e. The molecule has 1 heterocycles. The lowest BCUT2D eigenvalue weighted by Crippen LogP contribution is -2.52. The van der Waals surface area contributed by atoms with Gasteiger partial charge in [0.1, 0.15) is 6.54 Å². The van der Waals surface area contributed by atoms with Crippen LogP contribution in [0.3, 0.4) is 0 Å². The summed E-state index contributed by atoms with van der Waals surface area (Å²) in [6.45, 7) is -0.674. The fourth-order valence-corrected chi connectivity index (χ4v) is 6.51. The summed E-state index contributed by atoms with van der Waals surface area (Å²) < 4.78 is 0. The number of carbonyl (C=O) groups is 4. The molecule has 4 aliphatic carbocycles. The minimum atomic E-state index is -0.789. The van der Waals surface area contributed by atoms with Crippen LogP contribution in [0.5, 0.6) is 0 Å². The van der Waals surface area contributed by atoms with Crippen LogP contribution in [0, 0.1) is 45.6 Å². The molecule has 1 aliphatic heterocycles. The highest BCUT2D eigenvalue weighted by molar-refractivity contribution is 6.42. The number of rotatable bonds is 6. The van der Waals surface area contributed by atoms with Crippen molar-refractivity contribution in [1.82, 2.24) is 10.0 Å². The van der Waals surface area contributed by atoms with Crippen molar-refractivity contribution in [3.8, 4) is 0 Å². The van der Waals surface area contributed by atoms with Gasteiger partial charge in [-0.25, -0.2) is 5.01 Å². The van der Waals surface area contributed by atoms with E-state index in [2.05, 4.69) is 0 Å². The first-order valence-electron chi connectivity index (χ1n) is 11.8. The van der Waals surface area contributed by atoms with Crippen molar-refractivity contribution in [2.24, 2.45) is 35.5 Å². The van der Waals surface area contributed by atoms with E-state index in [-0.39, 0.29) is 38.7 Å². The van der Waals surface area contributed by atoms with E-state index in [0.717, 1.165) is 22.5 Å². The summed E-state index contributed by atoms with van der Waals surface area (Å²) in [5, 5.41) is 13.1. The van der Waals surface area contributed by atoms with E-state index in [1.165, 1.54) is 36.4 Å². The summed E-state index contributed by atoms with van der Waals surface area (Å²) in [4.78, 5) is 64.9. The number of benzene rings is 2. The number of nitro benzene ring substituents is 1. The second-order valence-electron chi connectivity index (χ2n) is 9.87. The Balaban J connectivity index is 1.37. The van der Waals surface area contributed by atoms with E-state index in [1.807, 2.05) is 12.2 Å². The number of non-ortho nitro benzene ring substituents is 1. The van der Waals surface area contributed by atoms with E-state index in [4.69, 9.17) is 23.2 Å². The molecule has 2 aromatic rings. The molecule has 0 N–H and O–H groups in total. The predicted octanol–water partition coefficient (Wildman–Crippen LogP) is 4.19. The van der Waals surface area contributed by atoms with Crippen LogP contribution in [0.2, 0.25) is 10.0 Å². The Morgan fingerprint density at radius 2 is 1.59 bits per heavy atom. The van der Waals surface area contributed by atoms with Crippen LogP contribution in [0.15, 0.2) is 54.6 Å². The van der Waals surface area contributed by atoms with Gasteiger partial charge in [0, 0.05) is 23.3 Å². The van der Waals surface area contributed by atoms with Crippen LogP contribution in [0.4, 0.5) is 5.69 Å². The van der Waals surface area contributed by atoms with Crippen molar-refractivity contribution in [1.29, 1.82) is 0 Å². The molecule has 37 heavy (non-hydrogen) atoms. The highest BCUT2D eigenvalue weighted by atomic mass is 35.5. The molecule has 2 saturated carbocycles.